The van der Waals surface area contributed by atoms with E-state index in [-0.39, 0.29) is 29.2 Å². The minimum absolute atomic E-state index is 0.183. The SMILES string of the molecule is CCCCn1c(=O)n(Cc2ccccc2F)c(=O)c2[nH]c(Cc3ccc(NC(=O)c4ccc(OC)c(OC)c4)cc3)nc21. The highest BCUT2D eigenvalue weighted by molar-refractivity contribution is 6.04. The summed E-state index contributed by atoms with van der Waals surface area (Å²) in [5.41, 5.74) is 1.53. The van der Waals surface area contributed by atoms with Gasteiger partial charge in [-0.3, -0.25) is 18.7 Å². The van der Waals surface area contributed by atoms with Crippen molar-refractivity contribution < 1.29 is 18.7 Å². The normalized spacial score (nSPS) is 11.1. The number of unbranched alkanes of at least 4 members (excludes halogenated alkanes) is 1. The zero-order chi connectivity index (χ0) is 30.5. The molecule has 2 heterocycles. The largest absolute Gasteiger partial charge is 0.493 e. The Morgan fingerprint density at radius 2 is 1.72 bits per heavy atom. The smallest absolute Gasteiger partial charge is 0.333 e. The third kappa shape index (κ3) is 6.20. The molecule has 0 aliphatic heterocycles. The monoisotopic (exact) mass is 585 g/mol. The van der Waals surface area contributed by atoms with E-state index < -0.39 is 17.1 Å². The molecule has 0 aliphatic carbocycles. The number of hydrogen-bond acceptors (Lipinski definition) is 6. The van der Waals surface area contributed by atoms with E-state index in [4.69, 9.17) is 9.47 Å². The number of ether oxygens (including phenoxy) is 2. The Labute approximate surface area is 246 Å². The molecule has 43 heavy (non-hydrogen) atoms. The second kappa shape index (κ2) is 12.8. The maximum absolute atomic E-state index is 14.4. The van der Waals surface area contributed by atoms with E-state index in [1.54, 1.807) is 48.5 Å². The minimum Gasteiger partial charge on any atom is -0.493 e. The highest BCUT2D eigenvalue weighted by Crippen LogP contribution is 2.28. The number of methoxy groups -OCH3 is 2. The van der Waals surface area contributed by atoms with Crippen LogP contribution in [-0.4, -0.2) is 39.2 Å². The van der Waals surface area contributed by atoms with Gasteiger partial charge in [-0.1, -0.05) is 43.7 Å². The number of aromatic nitrogens is 4. The van der Waals surface area contributed by atoms with Gasteiger partial charge in [0.25, 0.3) is 11.5 Å². The fourth-order valence-corrected chi connectivity index (χ4v) is 4.83. The quantitative estimate of drug-likeness (QED) is 0.231. The molecular formula is C32H32FN5O5. The summed E-state index contributed by atoms with van der Waals surface area (Å²) < 4.78 is 27.4. The molecule has 0 atom stereocenters. The lowest BCUT2D eigenvalue weighted by Crippen LogP contribution is -2.40. The number of carbonyl (C=O) groups excluding carboxylic acids is 1. The summed E-state index contributed by atoms with van der Waals surface area (Å²) in [6, 6.07) is 18.2. The number of H-pyrrole nitrogens is 1. The molecule has 3 aromatic carbocycles. The number of nitrogens with one attached hydrogen (secondary N) is 2. The van der Waals surface area contributed by atoms with E-state index in [0.717, 1.165) is 16.6 Å². The summed E-state index contributed by atoms with van der Waals surface area (Å²) in [5.74, 6) is 0.698. The molecule has 5 aromatic rings. The summed E-state index contributed by atoms with van der Waals surface area (Å²) in [4.78, 5) is 47.3. The van der Waals surface area contributed by atoms with Gasteiger partial charge in [-0.2, -0.15) is 0 Å². The van der Waals surface area contributed by atoms with Crippen molar-refractivity contribution in [3.05, 3.63) is 116 Å². The van der Waals surface area contributed by atoms with E-state index in [1.165, 1.54) is 24.9 Å². The number of halogens is 1. The minimum atomic E-state index is -0.553. The maximum Gasteiger partial charge on any atom is 0.333 e. The van der Waals surface area contributed by atoms with Crippen molar-refractivity contribution in [1.82, 2.24) is 19.1 Å². The second-order valence-corrected chi connectivity index (χ2v) is 10.1. The van der Waals surface area contributed by atoms with Gasteiger partial charge in [0.15, 0.2) is 17.1 Å². The van der Waals surface area contributed by atoms with Crippen molar-refractivity contribution in [2.45, 2.75) is 39.3 Å². The first-order valence-corrected chi connectivity index (χ1v) is 13.9. The third-order valence-corrected chi connectivity index (χ3v) is 7.16. The second-order valence-electron chi connectivity index (χ2n) is 10.1. The molecule has 10 nitrogen and oxygen atoms in total. The van der Waals surface area contributed by atoms with E-state index >= 15 is 0 Å². The summed E-state index contributed by atoms with van der Waals surface area (Å²) >= 11 is 0. The number of rotatable bonds is 11. The van der Waals surface area contributed by atoms with Crippen molar-refractivity contribution in [2.75, 3.05) is 19.5 Å². The number of fused-ring (bicyclic) bond motifs is 1. The molecule has 0 saturated carbocycles. The highest BCUT2D eigenvalue weighted by Gasteiger charge is 2.19. The lowest BCUT2D eigenvalue weighted by atomic mass is 10.1. The van der Waals surface area contributed by atoms with Gasteiger partial charge in [0.2, 0.25) is 0 Å². The van der Waals surface area contributed by atoms with Crippen molar-refractivity contribution in [3.8, 4) is 11.5 Å². The molecule has 1 amide bonds. The lowest BCUT2D eigenvalue weighted by molar-refractivity contribution is 0.102. The molecule has 222 valence electrons. The third-order valence-electron chi connectivity index (χ3n) is 7.16. The molecule has 0 fully saturated rings. The van der Waals surface area contributed by atoms with Crippen LogP contribution in [-0.2, 0) is 19.5 Å². The summed E-state index contributed by atoms with van der Waals surface area (Å²) in [7, 11) is 3.03. The van der Waals surface area contributed by atoms with Gasteiger partial charge in [0.05, 0.1) is 20.8 Å². The van der Waals surface area contributed by atoms with E-state index in [1.807, 2.05) is 19.1 Å². The van der Waals surface area contributed by atoms with Gasteiger partial charge in [-0.05, 0) is 48.4 Å². The molecule has 0 saturated heterocycles. The average molecular weight is 586 g/mol. The highest BCUT2D eigenvalue weighted by atomic mass is 19.1. The van der Waals surface area contributed by atoms with Crippen LogP contribution in [0, 0.1) is 5.82 Å². The van der Waals surface area contributed by atoms with Crippen LogP contribution in [0.4, 0.5) is 10.1 Å². The number of anilines is 1. The van der Waals surface area contributed by atoms with Crippen LogP contribution in [0.25, 0.3) is 11.2 Å². The lowest BCUT2D eigenvalue weighted by Gasteiger charge is -2.11. The number of carbonyl (C=O) groups is 1. The van der Waals surface area contributed by atoms with Crippen molar-refractivity contribution >= 4 is 22.8 Å². The van der Waals surface area contributed by atoms with E-state index in [2.05, 4.69) is 15.3 Å². The van der Waals surface area contributed by atoms with Crippen LogP contribution in [0.1, 0.15) is 47.1 Å². The number of hydrogen-bond donors (Lipinski definition) is 2. The standard InChI is InChI=1S/C32H32FN5O5/c1-4-5-16-37-29-28(31(40)38(32(37)41)19-22-8-6-7-9-24(22)33)35-27(36-29)17-20-10-13-23(14-11-20)34-30(39)21-12-15-25(42-2)26(18-21)43-3/h6-15,18H,4-5,16-17,19H2,1-3H3,(H,34,39)(H,35,36). The molecule has 0 unspecified atom stereocenters. The molecule has 5 rings (SSSR count). The first-order chi connectivity index (χ1) is 20.8. The van der Waals surface area contributed by atoms with Crippen LogP contribution < -0.4 is 26.0 Å². The van der Waals surface area contributed by atoms with Gasteiger partial charge >= 0.3 is 5.69 Å². The number of imidazole rings is 1. The molecule has 0 aliphatic rings. The van der Waals surface area contributed by atoms with Crippen LogP contribution in [0.15, 0.2) is 76.3 Å². The van der Waals surface area contributed by atoms with Crippen LogP contribution >= 0.6 is 0 Å². The Bertz CT molecular complexity index is 1890. The molecule has 0 radical (unpaired) electrons. The molecule has 2 aromatic heterocycles. The van der Waals surface area contributed by atoms with Crippen molar-refractivity contribution in [2.24, 2.45) is 0 Å². The summed E-state index contributed by atoms with van der Waals surface area (Å²) in [6.45, 7) is 2.20. The number of benzene rings is 3. The first kappa shape index (κ1) is 29.3. The first-order valence-electron chi connectivity index (χ1n) is 13.9. The molecule has 0 bridgehead atoms. The molecule has 2 N–H and O–H groups in total. The number of aromatic amines is 1. The Balaban J connectivity index is 1.39. The predicted molar refractivity (Wildman–Crippen MR) is 162 cm³/mol. The molecular weight excluding hydrogens is 553 g/mol. The zero-order valence-electron chi connectivity index (χ0n) is 24.1. The van der Waals surface area contributed by atoms with Crippen molar-refractivity contribution in [3.63, 3.8) is 0 Å². The van der Waals surface area contributed by atoms with E-state index in [9.17, 15) is 18.8 Å². The van der Waals surface area contributed by atoms with Crippen molar-refractivity contribution in [1.29, 1.82) is 0 Å². The fourth-order valence-electron chi connectivity index (χ4n) is 4.83. The average Bonchev–Trinajstić information content (AvgIpc) is 3.44. The Kier molecular flexibility index (Phi) is 8.70. The summed E-state index contributed by atoms with van der Waals surface area (Å²) in [6.07, 6.45) is 1.91. The number of aryl methyl sites for hydroxylation is 1. The molecule has 0 spiro atoms. The van der Waals surface area contributed by atoms with Gasteiger partial charge in [0.1, 0.15) is 17.2 Å². The number of nitrogens with zero attached hydrogens (tertiary/aromatic N) is 3. The Morgan fingerprint density at radius 1 is 0.977 bits per heavy atom. The maximum atomic E-state index is 14.4. The molecule has 11 heteroatoms. The fraction of sp³-hybridized carbons (Fsp3) is 0.250. The Hall–Kier alpha value is -5.19. The predicted octanol–water partition coefficient (Wildman–Crippen LogP) is 4.73. The van der Waals surface area contributed by atoms with Gasteiger partial charge in [-0.15, -0.1) is 0 Å². The number of amides is 1. The Morgan fingerprint density at radius 3 is 2.42 bits per heavy atom. The topological polar surface area (TPSA) is 120 Å². The van der Waals surface area contributed by atoms with E-state index in [0.29, 0.717) is 48.0 Å². The zero-order valence-corrected chi connectivity index (χ0v) is 24.1. The van der Waals surface area contributed by atoms with Crippen LogP contribution in [0.5, 0.6) is 11.5 Å². The van der Waals surface area contributed by atoms with Gasteiger partial charge in [0, 0.05) is 29.8 Å². The van der Waals surface area contributed by atoms with Crippen LogP contribution in [0.2, 0.25) is 0 Å². The van der Waals surface area contributed by atoms with Crippen LogP contribution in [0.3, 0.4) is 0 Å². The van der Waals surface area contributed by atoms with Gasteiger partial charge in [-0.25, -0.2) is 14.2 Å². The summed E-state index contributed by atoms with van der Waals surface area (Å²) in [5, 5.41) is 2.86. The van der Waals surface area contributed by atoms with Gasteiger partial charge < -0.3 is 19.8 Å².